The molecule has 2 aliphatic rings. The van der Waals surface area contributed by atoms with Crippen molar-refractivity contribution in [3.05, 3.63) is 35.4 Å². The highest BCUT2D eigenvalue weighted by molar-refractivity contribution is 5.76. The molecule has 0 aliphatic carbocycles. The highest BCUT2D eigenvalue weighted by Gasteiger charge is 2.26. The lowest BCUT2D eigenvalue weighted by Crippen LogP contribution is -2.39. The summed E-state index contributed by atoms with van der Waals surface area (Å²) in [5, 5.41) is 21.0. The zero-order chi connectivity index (χ0) is 18.1. The number of nitrogens with zero attached hydrogens (tertiary/aromatic N) is 6. The van der Waals surface area contributed by atoms with Gasteiger partial charge in [0.2, 0.25) is 5.91 Å². The van der Waals surface area contributed by atoms with Crippen LogP contribution in [0, 0.1) is 0 Å². The first-order chi connectivity index (χ1) is 12.6. The number of aromatic nitrogens is 4. The minimum Gasteiger partial charge on any atom is -0.380 e. The molecular formula is C17H24N6O3. The van der Waals surface area contributed by atoms with Crippen LogP contribution in [0.25, 0.3) is 0 Å². The van der Waals surface area contributed by atoms with Gasteiger partial charge in [-0.25, -0.2) is 0 Å². The monoisotopic (exact) mass is 360 g/mol. The largest absolute Gasteiger partial charge is 0.380 e. The summed E-state index contributed by atoms with van der Waals surface area (Å²) >= 11 is 0. The van der Waals surface area contributed by atoms with Crippen molar-refractivity contribution in [3.8, 4) is 0 Å². The summed E-state index contributed by atoms with van der Waals surface area (Å²) in [4.78, 5) is 19.8. The van der Waals surface area contributed by atoms with Gasteiger partial charge in [0.05, 0.1) is 36.8 Å². The Balaban J connectivity index is 1.40. The maximum absolute atomic E-state index is 12.5. The quantitative estimate of drug-likeness (QED) is 0.812. The summed E-state index contributed by atoms with van der Waals surface area (Å²) in [6, 6.07) is 3.65. The van der Waals surface area contributed by atoms with E-state index in [9.17, 15) is 9.90 Å². The molecule has 1 unspecified atom stereocenters. The Hall–Kier alpha value is -2.23. The topological polar surface area (TPSA) is 88.7 Å². The minimum atomic E-state index is -0.822. The normalized spacial score (nSPS) is 18.9. The fourth-order valence-corrected chi connectivity index (χ4v) is 3.49. The van der Waals surface area contributed by atoms with Crippen molar-refractivity contribution in [1.29, 1.82) is 0 Å². The van der Waals surface area contributed by atoms with E-state index in [1.165, 1.54) is 0 Å². The number of hydroxylamine groups is 2. The molecule has 26 heavy (non-hydrogen) atoms. The lowest BCUT2D eigenvalue weighted by Gasteiger charge is -2.28. The van der Waals surface area contributed by atoms with E-state index in [0.717, 1.165) is 25.3 Å². The van der Waals surface area contributed by atoms with Crippen molar-refractivity contribution in [1.82, 2.24) is 29.5 Å². The van der Waals surface area contributed by atoms with Crippen molar-refractivity contribution in [2.75, 3.05) is 26.2 Å². The third kappa shape index (κ3) is 3.37. The Morgan fingerprint density at radius 1 is 1.38 bits per heavy atom. The molecule has 9 heteroatoms. The van der Waals surface area contributed by atoms with Crippen LogP contribution in [0.15, 0.2) is 18.3 Å². The van der Waals surface area contributed by atoms with Gasteiger partial charge in [-0.2, -0.15) is 15.3 Å². The summed E-state index contributed by atoms with van der Waals surface area (Å²) in [7, 11) is 1.79. The number of rotatable bonds is 5. The second-order valence-corrected chi connectivity index (χ2v) is 6.75. The van der Waals surface area contributed by atoms with Gasteiger partial charge in [0.25, 0.3) is 0 Å². The molecular weight excluding hydrogens is 336 g/mol. The number of aliphatic hydroxyl groups excluding tert-OH is 1. The fraction of sp³-hybridized carbons (Fsp3) is 0.588. The molecule has 1 amide bonds. The fourth-order valence-electron chi connectivity index (χ4n) is 3.49. The number of amides is 1. The van der Waals surface area contributed by atoms with Gasteiger partial charge in [-0.1, -0.05) is 0 Å². The molecule has 0 radical (unpaired) electrons. The average molecular weight is 360 g/mol. The van der Waals surface area contributed by atoms with Gasteiger partial charge < -0.3 is 10.0 Å². The Bertz CT molecular complexity index is 779. The van der Waals surface area contributed by atoms with Crippen molar-refractivity contribution in [2.45, 2.75) is 32.0 Å². The van der Waals surface area contributed by atoms with E-state index < -0.39 is 6.10 Å². The molecule has 0 aromatic carbocycles. The second-order valence-electron chi connectivity index (χ2n) is 6.75. The van der Waals surface area contributed by atoms with Crippen LogP contribution < -0.4 is 0 Å². The van der Waals surface area contributed by atoms with Crippen molar-refractivity contribution < 1.29 is 14.7 Å². The van der Waals surface area contributed by atoms with Gasteiger partial charge in [0.15, 0.2) is 0 Å². The first-order valence-corrected chi connectivity index (χ1v) is 9.00. The summed E-state index contributed by atoms with van der Waals surface area (Å²) in [6.07, 6.45) is 2.31. The molecule has 1 N–H and O–H groups in total. The van der Waals surface area contributed by atoms with Gasteiger partial charge in [-0.3, -0.25) is 19.0 Å². The summed E-state index contributed by atoms with van der Waals surface area (Å²) < 4.78 is 3.52. The molecule has 0 spiro atoms. The Labute approximate surface area is 151 Å². The molecule has 2 aromatic heterocycles. The summed E-state index contributed by atoms with van der Waals surface area (Å²) in [6.45, 7) is 4.08. The molecule has 4 rings (SSSR count). The van der Waals surface area contributed by atoms with Gasteiger partial charge in [0.1, 0.15) is 6.10 Å². The van der Waals surface area contributed by atoms with Crippen molar-refractivity contribution in [2.24, 2.45) is 7.05 Å². The predicted molar refractivity (Wildman–Crippen MR) is 91.7 cm³/mol. The zero-order valence-electron chi connectivity index (χ0n) is 14.9. The molecule has 1 atom stereocenters. The SMILES string of the molecule is Cn1nccc1C(O)c1cc2n(n1)CCN(C(=O)CCN1CCCO1)C2. The van der Waals surface area contributed by atoms with E-state index in [1.54, 1.807) is 24.0 Å². The third-order valence-corrected chi connectivity index (χ3v) is 4.99. The van der Waals surface area contributed by atoms with E-state index in [1.807, 2.05) is 20.7 Å². The molecule has 1 saturated heterocycles. The van der Waals surface area contributed by atoms with E-state index >= 15 is 0 Å². The smallest absolute Gasteiger partial charge is 0.224 e. The second kappa shape index (κ2) is 7.18. The van der Waals surface area contributed by atoms with Crippen LogP contribution in [0.3, 0.4) is 0 Å². The van der Waals surface area contributed by atoms with Crippen LogP contribution >= 0.6 is 0 Å². The standard InChI is InChI=1S/C17H24N6O3/c1-20-15(3-5-18-20)17(25)14-11-13-12-21(8-9-23(13)19-14)16(24)4-7-22-6-2-10-26-22/h3,5,11,17,25H,2,4,6-10,12H2,1H3. The van der Waals surface area contributed by atoms with E-state index in [2.05, 4.69) is 10.2 Å². The highest BCUT2D eigenvalue weighted by atomic mass is 16.7. The molecule has 140 valence electrons. The lowest BCUT2D eigenvalue weighted by atomic mass is 10.1. The van der Waals surface area contributed by atoms with Gasteiger partial charge >= 0.3 is 0 Å². The average Bonchev–Trinajstić information content (AvgIpc) is 3.38. The van der Waals surface area contributed by atoms with Crippen molar-refractivity contribution >= 4 is 5.91 Å². The lowest BCUT2D eigenvalue weighted by molar-refractivity contribution is -0.140. The van der Waals surface area contributed by atoms with Crippen LogP contribution in [0.5, 0.6) is 0 Å². The number of aryl methyl sites for hydroxylation is 1. The maximum Gasteiger partial charge on any atom is 0.224 e. The first-order valence-electron chi connectivity index (χ1n) is 9.00. The molecule has 2 aromatic rings. The molecule has 1 fully saturated rings. The Morgan fingerprint density at radius 3 is 3.00 bits per heavy atom. The summed E-state index contributed by atoms with van der Waals surface area (Å²) in [5.41, 5.74) is 2.22. The number of aliphatic hydroxyl groups is 1. The molecule has 0 saturated carbocycles. The first kappa shape index (κ1) is 17.2. The molecule has 4 heterocycles. The Morgan fingerprint density at radius 2 is 2.27 bits per heavy atom. The summed E-state index contributed by atoms with van der Waals surface area (Å²) in [5.74, 6) is 0.127. The molecule has 9 nitrogen and oxygen atoms in total. The van der Waals surface area contributed by atoms with Crippen LogP contribution in [0.2, 0.25) is 0 Å². The molecule has 2 aliphatic heterocycles. The van der Waals surface area contributed by atoms with Crippen LogP contribution in [-0.4, -0.2) is 66.8 Å². The zero-order valence-corrected chi connectivity index (χ0v) is 14.9. The van der Waals surface area contributed by atoms with Crippen LogP contribution in [-0.2, 0) is 29.8 Å². The van der Waals surface area contributed by atoms with Crippen molar-refractivity contribution in [3.63, 3.8) is 0 Å². The predicted octanol–water partition coefficient (Wildman–Crippen LogP) is 0.0679. The van der Waals surface area contributed by atoms with Crippen LogP contribution in [0.4, 0.5) is 0 Å². The number of hydrogen-bond acceptors (Lipinski definition) is 6. The number of carbonyl (C=O) groups excluding carboxylic acids is 1. The van der Waals surface area contributed by atoms with E-state index in [0.29, 0.717) is 44.0 Å². The van der Waals surface area contributed by atoms with Gasteiger partial charge in [0, 0.05) is 39.3 Å². The number of fused-ring (bicyclic) bond motifs is 1. The third-order valence-electron chi connectivity index (χ3n) is 4.99. The Kier molecular flexibility index (Phi) is 4.75. The van der Waals surface area contributed by atoms with Gasteiger partial charge in [-0.05, 0) is 18.6 Å². The van der Waals surface area contributed by atoms with E-state index in [4.69, 9.17) is 4.84 Å². The van der Waals surface area contributed by atoms with Crippen LogP contribution in [0.1, 0.15) is 36.0 Å². The minimum absolute atomic E-state index is 0.127. The highest BCUT2D eigenvalue weighted by Crippen LogP contribution is 2.23. The molecule has 0 bridgehead atoms. The van der Waals surface area contributed by atoms with Gasteiger partial charge in [-0.15, -0.1) is 0 Å². The van der Waals surface area contributed by atoms with E-state index in [-0.39, 0.29) is 5.91 Å². The maximum atomic E-state index is 12.5. The number of carbonyl (C=O) groups is 1. The number of hydrogen-bond donors (Lipinski definition) is 1.